The van der Waals surface area contributed by atoms with E-state index in [9.17, 15) is 9.59 Å². The number of amides is 2. The normalized spacial score (nSPS) is 22.4. The predicted octanol–water partition coefficient (Wildman–Crippen LogP) is 0.159. The van der Waals surface area contributed by atoms with Crippen molar-refractivity contribution < 1.29 is 14.3 Å². The lowest BCUT2D eigenvalue weighted by Crippen LogP contribution is -2.58. The molecule has 2 aliphatic heterocycles. The van der Waals surface area contributed by atoms with Crippen LogP contribution in [0.5, 0.6) is 0 Å². The SMILES string of the molecule is Cc1cccc(N2CCN(C(=O)C3COCC(=O)N3)CC2)c1. The summed E-state index contributed by atoms with van der Waals surface area (Å²) in [6.45, 7) is 5.33. The molecule has 0 saturated carbocycles. The van der Waals surface area contributed by atoms with E-state index in [0.29, 0.717) is 13.1 Å². The van der Waals surface area contributed by atoms with Crippen molar-refractivity contribution in [1.82, 2.24) is 10.2 Å². The van der Waals surface area contributed by atoms with Gasteiger partial charge in [0.25, 0.3) is 0 Å². The van der Waals surface area contributed by atoms with Gasteiger partial charge >= 0.3 is 0 Å². The standard InChI is InChI=1S/C16H21N3O3/c1-12-3-2-4-13(9-12)18-5-7-19(8-6-18)16(21)14-10-22-11-15(20)17-14/h2-4,9,14H,5-8,10-11H2,1H3,(H,17,20). The molecule has 2 saturated heterocycles. The molecule has 3 rings (SSSR count). The molecule has 22 heavy (non-hydrogen) atoms. The zero-order valence-electron chi connectivity index (χ0n) is 12.7. The van der Waals surface area contributed by atoms with Gasteiger partial charge in [-0.25, -0.2) is 0 Å². The van der Waals surface area contributed by atoms with E-state index in [0.717, 1.165) is 13.1 Å². The third kappa shape index (κ3) is 3.22. The molecule has 0 radical (unpaired) electrons. The molecule has 6 heteroatoms. The fourth-order valence-corrected chi connectivity index (χ4v) is 2.91. The first kappa shape index (κ1) is 14.8. The van der Waals surface area contributed by atoms with Gasteiger partial charge in [-0.05, 0) is 24.6 Å². The van der Waals surface area contributed by atoms with Crippen molar-refractivity contribution >= 4 is 17.5 Å². The summed E-state index contributed by atoms with van der Waals surface area (Å²) >= 11 is 0. The Labute approximate surface area is 130 Å². The molecular weight excluding hydrogens is 282 g/mol. The fraction of sp³-hybridized carbons (Fsp3) is 0.500. The van der Waals surface area contributed by atoms with E-state index in [2.05, 4.69) is 41.4 Å². The van der Waals surface area contributed by atoms with Gasteiger partial charge in [0.1, 0.15) is 12.6 Å². The minimum absolute atomic E-state index is 0.0445. The van der Waals surface area contributed by atoms with Crippen LogP contribution < -0.4 is 10.2 Å². The second-order valence-electron chi connectivity index (χ2n) is 5.79. The lowest BCUT2D eigenvalue weighted by atomic mass is 10.1. The van der Waals surface area contributed by atoms with Crippen LogP contribution >= 0.6 is 0 Å². The van der Waals surface area contributed by atoms with Crippen molar-refractivity contribution in [2.75, 3.05) is 44.3 Å². The molecule has 1 unspecified atom stereocenters. The summed E-state index contributed by atoms with van der Waals surface area (Å²) in [6, 6.07) is 7.85. The topological polar surface area (TPSA) is 61.9 Å². The van der Waals surface area contributed by atoms with Crippen molar-refractivity contribution in [3.8, 4) is 0 Å². The zero-order valence-corrected chi connectivity index (χ0v) is 12.7. The Bertz CT molecular complexity index is 568. The fourth-order valence-electron chi connectivity index (χ4n) is 2.91. The number of anilines is 1. The van der Waals surface area contributed by atoms with E-state index in [4.69, 9.17) is 4.74 Å². The van der Waals surface area contributed by atoms with Gasteiger partial charge in [0, 0.05) is 31.9 Å². The number of nitrogens with one attached hydrogen (secondary N) is 1. The van der Waals surface area contributed by atoms with Crippen molar-refractivity contribution in [3.63, 3.8) is 0 Å². The number of rotatable bonds is 2. The number of benzene rings is 1. The van der Waals surface area contributed by atoms with Gasteiger partial charge in [-0.3, -0.25) is 9.59 Å². The summed E-state index contributed by atoms with van der Waals surface area (Å²) in [6.07, 6.45) is 0. The van der Waals surface area contributed by atoms with E-state index in [1.807, 2.05) is 4.90 Å². The number of nitrogens with zero attached hydrogens (tertiary/aromatic N) is 2. The third-order valence-electron chi connectivity index (χ3n) is 4.11. The minimum atomic E-state index is -0.535. The Morgan fingerprint density at radius 3 is 2.73 bits per heavy atom. The monoisotopic (exact) mass is 303 g/mol. The van der Waals surface area contributed by atoms with Crippen LogP contribution in [-0.2, 0) is 14.3 Å². The molecule has 2 heterocycles. The van der Waals surface area contributed by atoms with Gasteiger partial charge in [0.2, 0.25) is 11.8 Å². The van der Waals surface area contributed by atoms with Gasteiger partial charge < -0.3 is 19.9 Å². The summed E-state index contributed by atoms with van der Waals surface area (Å²) in [5.41, 5.74) is 2.43. The van der Waals surface area contributed by atoms with Crippen molar-refractivity contribution in [2.24, 2.45) is 0 Å². The van der Waals surface area contributed by atoms with Crippen LogP contribution in [0.1, 0.15) is 5.56 Å². The molecule has 0 spiro atoms. The van der Waals surface area contributed by atoms with Crippen LogP contribution in [0.3, 0.4) is 0 Å². The summed E-state index contributed by atoms with van der Waals surface area (Å²) in [4.78, 5) is 27.8. The van der Waals surface area contributed by atoms with Gasteiger partial charge in [0.05, 0.1) is 6.61 Å². The Hall–Kier alpha value is -2.08. The average Bonchev–Trinajstić information content (AvgIpc) is 2.54. The highest BCUT2D eigenvalue weighted by Crippen LogP contribution is 2.18. The van der Waals surface area contributed by atoms with Gasteiger partial charge in [-0.15, -0.1) is 0 Å². The first-order valence-electron chi connectivity index (χ1n) is 7.61. The van der Waals surface area contributed by atoms with Crippen LogP contribution in [0.4, 0.5) is 5.69 Å². The van der Waals surface area contributed by atoms with Crippen molar-refractivity contribution in [2.45, 2.75) is 13.0 Å². The molecule has 0 aromatic heterocycles. The maximum Gasteiger partial charge on any atom is 0.247 e. The van der Waals surface area contributed by atoms with Crippen LogP contribution in [-0.4, -0.2) is 62.1 Å². The first-order chi connectivity index (χ1) is 10.6. The quantitative estimate of drug-likeness (QED) is 0.845. The zero-order chi connectivity index (χ0) is 15.5. The number of morpholine rings is 1. The molecule has 6 nitrogen and oxygen atoms in total. The molecule has 2 aliphatic rings. The second-order valence-corrected chi connectivity index (χ2v) is 5.79. The number of hydrogen-bond acceptors (Lipinski definition) is 4. The molecule has 118 valence electrons. The van der Waals surface area contributed by atoms with E-state index in [-0.39, 0.29) is 25.0 Å². The molecule has 1 aromatic rings. The van der Waals surface area contributed by atoms with Crippen LogP contribution in [0, 0.1) is 6.92 Å². The van der Waals surface area contributed by atoms with Crippen molar-refractivity contribution in [3.05, 3.63) is 29.8 Å². The maximum atomic E-state index is 12.4. The Kier molecular flexibility index (Phi) is 4.29. The lowest BCUT2D eigenvalue weighted by Gasteiger charge is -2.38. The Balaban J connectivity index is 1.57. The third-order valence-corrected chi connectivity index (χ3v) is 4.11. The molecule has 0 aliphatic carbocycles. The summed E-state index contributed by atoms with van der Waals surface area (Å²) in [7, 11) is 0. The number of carbonyl (C=O) groups excluding carboxylic acids is 2. The molecule has 0 bridgehead atoms. The number of ether oxygens (including phenoxy) is 1. The van der Waals surface area contributed by atoms with Gasteiger partial charge in [0.15, 0.2) is 0 Å². The molecular formula is C16H21N3O3. The van der Waals surface area contributed by atoms with E-state index >= 15 is 0 Å². The largest absolute Gasteiger partial charge is 0.369 e. The summed E-state index contributed by atoms with van der Waals surface area (Å²) < 4.78 is 5.14. The number of piperazine rings is 1. The molecule has 1 atom stereocenters. The number of carbonyl (C=O) groups is 2. The number of aryl methyl sites for hydroxylation is 1. The molecule has 2 amide bonds. The second kappa shape index (κ2) is 6.36. The summed E-state index contributed by atoms with van der Waals surface area (Å²) in [5, 5.41) is 2.70. The average molecular weight is 303 g/mol. The van der Waals surface area contributed by atoms with E-state index < -0.39 is 6.04 Å². The Morgan fingerprint density at radius 1 is 1.27 bits per heavy atom. The van der Waals surface area contributed by atoms with Crippen LogP contribution in [0.2, 0.25) is 0 Å². The van der Waals surface area contributed by atoms with Crippen molar-refractivity contribution in [1.29, 1.82) is 0 Å². The minimum Gasteiger partial charge on any atom is -0.369 e. The maximum absolute atomic E-state index is 12.4. The molecule has 2 fully saturated rings. The highest BCUT2D eigenvalue weighted by Gasteiger charge is 2.31. The van der Waals surface area contributed by atoms with Crippen LogP contribution in [0.25, 0.3) is 0 Å². The van der Waals surface area contributed by atoms with Gasteiger partial charge in [-0.2, -0.15) is 0 Å². The van der Waals surface area contributed by atoms with Crippen LogP contribution in [0.15, 0.2) is 24.3 Å². The van der Waals surface area contributed by atoms with E-state index in [1.165, 1.54) is 11.3 Å². The molecule has 1 N–H and O–H groups in total. The highest BCUT2D eigenvalue weighted by molar-refractivity contribution is 5.89. The first-order valence-corrected chi connectivity index (χ1v) is 7.61. The Morgan fingerprint density at radius 2 is 2.05 bits per heavy atom. The number of hydrogen-bond donors (Lipinski definition) is 1. The molecule has 1 aromatic carbocycles. The predicted molar refractivity (Wildman–Crippen MR) is 82.7 cm³/mol. The lowest BCUT2D eigenvalue weighted by molar-refractivity contribution is -0.144. The van der Waals surface area contributed by atoms with Gasteiger partial charge in [-0.1, -0.05) is 12.1 Å². The summed E-state index contributed by atoms with van der Waals surface area (Å²) in [5.74, 6) is -0.264. The smallest absolute Gasteiger partial charge is 0.247 e. The van der Waals surface area contributed by atoms with E-state index in [1.54, 1.807) is 0 Å². The highest BCUT2D eigenvalue weighted by atomic mass is 16.5.